The largest absolute Gasteiger partial charge is 0.519 e. The Bertz CT molecular complexity index is 578. The first-order valence-corrected chi connectivity index (χ1v) is 4.50. The van der Waals surface area contributed by atoms with E-state index < -0.39 is 17.9 Å². The summed E-state index contributed by atoms with van der Waals surface area (Å²) in [4.78, 5) is 21.2. The molecular formula is C10H8O6. The van der Waals surface area contributed by atoms with Crippen LogP contribution in [-0.2, 0) is 11.2 Å². The van der Waals surface area contributed by atoms with Crippen molar-refractivity contribution in [2.24, 2.45) is 0 Å². The fourth-order valence-electron chi connectivity index (χ4n) is 1.35. The third-order valence-electron chi connectivity index (χ3n) is 2.11. The average Bonchev–Trinajstić information content (AvgIpc) is 2.57. The summed E-state index contributed by atoms with van der Waals surface area (Å²) in [5, 5.41) is 17.7. The van der Waals surface area contributed by atoms with Crippen LogP contribution in [0.2, 0.25) is 0 Å². The highest BCUT2D eigenvalue weighted by atomic mass is 16.6. The molecule has 2 rings (SSSR count). The Morgan fingerprint density at radius 2 is 2.00 bits per heavy atom. The van der Waals surface area contributed by atoms with Gasteiger partial charge in [-0.2, -0.15) is 0 Å². The number of aliphatic hydroxyl groups excluding tert-OH is 1. The minimum Gasteiger partial charge on any atom is -0.479 e. The van der Waals surface area contributed by atoms with Crippen molar-refractivity contribution in [3.63, 3.8) is 0 Å². The van der Waals surface area contributed by atoms with Gasteiger partial charge in [0.15, 0.2) is 17.3 Å². The molecule has 0 aliphatic carbocycles. The summed E-state index contributed by atoms with van der Waals surface area (Å²) < 4.78 is 9.37. The lowest BCUT2D eigenvalue weighted by molar-refractivity contribution is -0.146. The maximum atomic E-state index is 10.8. The predicted octanol–water partition coefficient (Wildman–Crippen LogP) is 0.374. The van der Waals surface area contributed by atoms with Gasteiger partial charge in [0.25, 0.3) is 0 Å². The molecule has 0 amide bonds. The van der Waals surface area contributed by atoms with E-state index in [2.05, 4.69) is 4.42 Å². The summed E-state index contributed by atoms with van der Waals surface area (Å²) in [5.41, 5.74) is 1.07. The molecule has 0 aliphatic heterocycles. The van der Waals surface area contributed by atoms with Gasteiger partial charge in [0, 0.05) is 6.42 Å². The van der Waals surface area contributed by atoms with E-state index in [9.17, 15) is 9.59 Å². The molecule has 16 heavy (non-hydrogen) atoms. The minimum absolute atomic E-state index is 0.0554. The highest BCUT2D eigenvalue weighted by Crippen LogP contribution is 2.15. The summed E-state index contributed by atoms with van der Waals surface area (Å²) in [7, 11) is 0. The van der Waals surface area contributed by atoms with Crippen LogP contribution in [0.15, 0.2) is 31.8 Å². The molecule has 2 aromatic rings. The number of rotatable bonds is 3. The first kappa shape index (κ1) is 10.4. The number of carboxylic acids is 1. The fraction of sp³-hybridized carbons (Fsp3) is 0.200. The molecule has 0 fully saturated rings. The summed E-state index contributed by atoms with van der Waals surface area (Å²) >= 11 is 0. The molecule has 0 bridgehead atoms. The Hall–Kier alpha value is -2.08. The smallest absolute Gasteiger partial charge is 0.479 e. The average molecular weight is 224 g/mol. The number of fused-ring (bicyclic) bond motifs is 1. The summed E-state index contributed by atoms with van der Waals surface area (Å²) in [6, 6.07) is 4.52. The molecular weight excluding hydrogens is 216 g/mol. The van der Waals surface area contributed by atoms with Crippen LogP contribution in [0, 0.1) is 0 Å². The highest BCUT2D eigenvalue weighted by molar-refractivity contribution is 5.73. The molecule has 0 aliphatic rings. The van der Waals surface area contributed by atoms with Gasteiger partial charge in [0.2, 0.25) is 0 Å². The standard InChI is InChI=1S/C10H8O6/c11-6(9(12)13)3-5-1-2-7-8(4-5)16-10(14)15-7/h1-2,4,6,11H,3H2,(H,12,13). The van der Waals surface area contributed by atoms with E-state index in [0.29, 0.717) is 11.1 Å². The van der Waals surface area contributed by atoms with Crippen LogP contribution < -0.4 is 5.82 Å². The molecule has 1 aromatic heterocycles. The van der Waals surface area contributed by atoms with Gasteiger partial charge in [-0.05, 0) is 17.7 Å². The third kappa shape index (κ3) is 1.96. The first-order valence-electron chi connectivity index (χ1n) is 4.50. The zero-order chi connectivity index (χ0) is 11.7. The molecule has 0 saturated carbocycles. The molecule has 0 radical (unpaired) electrons. The van der Waals surface area contributed by atoms with Crippen LogP contribution in [0.4, 0.5) is 0 Å². The van der Waals surface area contributed by atoms with Crippen LogP contribution in [0.5, 0.6) is 0 Å². The quantitative estimate of drug-likeness (QED) is 0.781. The molecule has 6 nitrogen and oxygen atoms in total. The molecule has 1 heterocycles. The van der Waals surface area contributed by atoms with E-state index in [1.165, 1.54) is 12.1 Å². The number of carboxylic acid groups (broad SMARTS) is 1. The SMILES string of the molecule is O=C(O)C(O)Cc1ccc2oc(=O)oc2c1. The predicted molar refractivity (Wildman–Crippen MR) is 52.1 cm³/mol. The first-order chi connectivity index (χ1) is 7.56. The third-order valence-corrected chi connectivity index (χ3v) is 2.11. The van der Waals surface area contributed by atoms with Gasteiger partial charge >= 0.3 is 11.8 Å². The second-order valence-electron chi connectivity index (χ2n) is 3.29. The van der Waals surface area contributed by atoms with Crippen LogP contribution in [0.1, 0.15) is 5.56 Å². The Morgan fingerprint density at radius 1 is 1.31 bits per heavy atom. The maximum Gasteiger partial charge on any atom is 0.519 e. The van der Waals surface area contributed by atoms with E-state index in [1.54, 1.807) is 6.07 Å². The number of hydrogen-bond donors (Lipinski definition) is 2. The highest BCUT2D eigenvalue weighted by Gasteiger charge is 2.14. The lowest BCUT2D eigenvalue weighted by Gasteiger charge is -2.04. The van der Waals surface area contributed by atoms with Crippen LogP contribution in [-0.4, -0.2) is 22.3 Å². The molecule has 84 valence electrons. The Morgan fingerprint density at radius 3 is 2.69 bits per heavy atom. The van der Waals surface area contributed by atoms with Gasteiger partial charge < -0.3 is 19.0 Å². The van der Waals surface area contributed by atoms with Crippen LogP contribution in [0.3, 0.4) is 0 Å². The number of aliphatic hydroxyl groups is 1. The van der Waals surface area contributed by atoms with Gasteiger partial charge in [-0.1, -0.05) is 6.07 Å². The van der Waals surface area contributed by atoms with Gasteiger partial charge in [-0.3, -0.25) is 0 Å². The molecule has 0 spiro atoms. The van der Waals surface area contributed by atoms with Gasteiger partial charge in [-0.25, -0.2) is 9.59 Å². The topological polar surface area (TPSA) is 101 Å². The van der Waals surface area contributed by atoms with Crippen molar-refractivity contribution in [1.29, 1.82) is 0 Å². The number of carbonyl (C=O) groups is 1. The number of hydrogen-bond acceptors (Lipinski definition) is 5. The van der Waals surface area contributed by atoms with Crippen molar-refractivity contribution in [2.45, 2.75) is 12.5 Å². The zero-order valence-electron chi connectivity index (χ0n) is 8.04. The summed E-state index contributed by atoms with van der Waals surface area (Å²) in [5.74, 6) is -2.11. The van der Waals surface area contributed by atoms with Crippen LogP contribution in [0.25, 0.3) is 11.2 Å². The zero-order valence-corrected chi connectivity index (χ0v) is 8.04. The van der Waals surface area contributed by atoms with Crippen molar-refractivity contribution in [2.75, 3.05) is 0 Å². The number of aliphatic carboxylic acids is 1. The summed E-state index contributed by atoms with van der Waals surface area (Å²) in [6.45, 7) is 0. The lowest BCUT2D eigenvalue weighted by Crippen LogP contribution is -2.21. The van der Waals surface area contributed by atoms with Crippen molar-refractivity contribution in [3.05, 3.63) is 34.4 Å². The van der Waals surface area contributed by atoms with Crippen LogP contribution >= 0.6 is 0 Å². The van der Waals surface area contributed by atoms with E-state index >= 15 is 0 Å². The molecule has 1 atom stereocenters. The summed E-state index contributed by atoms with van der Waals surface area (Å²) in [6.07, 6.45) is -1.53. The second-order valence-corrected chi connectivity index (χ2v) is 3.29. The Balaban J connectivity index is 2.32. The molecule has 1 unspecified atom stereocenters. The van der Waals surface area contributed by atoms with E-state index in [0.717, 1.165) is 0 Å². The second kappa shape index (κ2) is 3.82. The Labute approximate surface area is 88.7 Å². The lowest BCUT2D eigenvalue weighted by atomic mass is 10.1. The van der Waals surface area contributed by atoms with Crippen molar-refractivity contribution in [1.82, 2.24) is 0 Å². The minimum atomic E-state index is -1.48. The van der Waals surface area contributed by atoms with Gasteiger partial charge in [0.1, 0.15) is 0 Å². The Kier molecular flexibility index (Phi) is 2.49. The number of benzene rings is 1. The van der Waals surface area contributed by atoms with Crippen molar-refractivity contribution >= 4 is 17.1 Å². The maximum absolute atomic E-state index is 10.8. The molecule has 1 aromatic carbocycles. The monoisotopic (exact) mass is 224 g/mol. The molecule has 6 heteroatoms. The van der Waals surface area contributed by atoms with E-state index in [4.69, 9.17) is 14.6 Å². The van der Waals surface area contributed by atoms with Gasteiger partial charge in [0.05, 0.1) is 0 Å². The normalized spacial score (nSPS) is 12.8. The van der Waals surface area contributed by atoms with E-state index in [-0.39, 0.29) is 12.0 Å². The van der Waals surface area contributed by atoms with E-state index in [1.807, 2.05) is 0 Å². The van der Waals surface area contributed by atoms with Crippen molar-refractivity contribution < 1.29 is 23.8 Å². The van der Waals surface area contributed by atoms with Gasteiger partial charge in [-0.15, -0.1) is 0 Å². The molecule has 2 N–H and O–H groups in total. The fourth-order valence-corrected chi connectivity index (χ4v) is 1.35. The molecule has 0 saturated heterocycles. The van der Waals surface area contributed by atoms with Crippen molar-refractivity contribution in [3.8, 4) is 0 Å².